The van der Waals surface area contributed by atoms with Crippen molar-refractivity contribution in [2.24, 2.45) is 0 Å². The number of amides is 2. The molecule has 1 aliphatic rings. The van der Waals surface area contributed by atoms with E-state index in [0.29, 0.717) is 16.8 Å². The molecule has 0 aliphatic carbocycles. The van der Waals surface area contributed by atoms with Gasteiger partial charge < -0.3 is 0 Å². The second-order valence-electron chi connectivity index (χ2n) is 7.46. The number of anilines is 1. The van der Waals surface area contributed by atoms with Crippen molar-refractivity contribution in [3.8, 4) is 0 Å². The van der Waals surface area contributed by atoms with Gasteiger partial charge in [-0.2, -0.15) is 0 Å². The highest BCUT2D eigenvalue weighted by Crippen LogP contribution is 2.45. The number of para-hydroxylation sites is 1. The van der Waals surface area contributed by atoms with E-state index in [1.165, 1.54) is 14.7 Å². The van der Waals surface area contributed by atoms with Gasteiger partial charge >= 0.3 is 0 Å². The van der Waals surface area contributed by atoms with Crippen molar-refractivity contribution in [2.75, 3.05) is 4.90 Å². The van der Waals surface area contributed by atoms with Crippen LogP contribution >= 0.6 is 22.7 Å². The molecular formula is C24H23NO2S2. The summed E-state index contributed by atoms with van der Waals surface area (Å²) in [7, 11) is 0. The van der Waals surface area contributed by atoms with E-state index in [1.807, 2.05) is 58.0 Å². The van der Waals surface area contributed by atoms with Crippen LogP contribution in [0.4, 0.5) is 5.69 Å². The predicted molar refractivity (Wildman–Crippen MR) is 123 cm³/mol. The first-order chi connectivity index (χ1) is 13.7. The van der Waals surface area contributed by atoms with Crippen LogP contribution in [0.25, 0.3) is 11.1 Å². The van der Waals surface area contributed by atoms with Gasteiger partial charge in [0.25, 0.3) is 11.8 Å². The molecule has 0 fully saturated rings. The van der Waals surface area contributed by atoms with Crippen LogP contribution < -0.4 is 4.90 Å². The third-order valence-electron chi connectivity index (χ3n) is 5.72. The SMILES string of the molecule is Cc1sc(C)c(C2=C(c3c(C)sc(C)c3C)C(=O)N(c3ccccc3)C2=O)c1C. The number of benzene rings is 1. The van der Waals surface area contributed by atoms with Crippen LogP contribution in [0.1, 0.15) is 41.8 Å². The summed E-state index contributed by atoms with van der Waals surface area (Å²) in [5.41, 5.74) is 5.70. The Morgan fingerprint density at radius 1 is 0.621 bits per heavy atom. The Balaban J connectivity index is 2.05. The van der Waals surface area contributed by atoms with Gasteiger partial charge in [-0.05, 0) is 64.8 Å². The van der Waals surface area contributed by atoms with Crippen molar-refractivity contribution in [2.45, 2.75) is 41.5 Å². The van der Waals surface area contributed by atoms with Gasteiger partial charge in [-0.25, -0.2) is 4.90 Å². The average Bonchev–Trinajstić information content (AvgIpc) is 3.18. The minimum Gasteiger partial charge on any atom is -0.268 e. The number of carbonyl (C=O) groups is 2. The highest BCUT2D eigenvalue weighted by Gasteiger charge is 2.43. The van der Waals surface area contributed by atoms with Gasteiger partial charge in [0.15, 0.2) is 0 Å². The Kier molecular flexibility index (Phi) is 4.83. The molecule has 5 heteroatoms. The smallest absolute Gasteiger partial charge is 0.266 e. The van der Waals surface area contributed by atoms with Crippen LogP contribution in [0.15, 0.2) is 30.3 Å². The lowest BCUT2D eigenvalue weighted by molar-refractivity contribution is -0.119. The van der Waals surface area contributed by atoms with Crippen LogP contribution in [-0.4, -0.2) is 11.8 Å². The Labute approximate surface area is 179 Å². The molecule has 0 saturated heterocycles. The summed E-state index contributed by atoms with van der Waals surface area (Å²) >= 11 is 3.36. The number of nitrogens with zero attached hydrogens (tertiary/aromatic N) is 1. The number of hydrogen-bond acceptors (Lipinski definition) is 4. The molecule has 3 aromatic rings. The maximum atomic E-state index is 13.7. The van der Waals surface area contributed by atoms with Gasteiger partial charge in [0.2, 0.25) is 0 Å². The fourth-order valence-corrected chi connectivity index (χ4v) is 6.27. The highest BCUT2D eigenvalue weighted by molar-refractivity contribution is 7.12. The molecule has 2 aromatic heterocycles. The molecule has 3 nitrogen and oxygen atoms in total. The largest absolute Gasteiger partial charge is 0.268 e. The van der Waals surface area contributed by atoms with Crippen molar-refractivity contribution < 1.29 is 9.59 Å². The first kappa shape index (κ1) is 19.8. The van der Waals surface area contributed by atoms with E-state index < -0.39 is 0 Å². The summed E-state index contributed by atoms with van der Waals surface area (Å²) in [4.78, 5) is 33.2. The summed E-state index contributed by atoms with van der Waals surface area (Å²) in [6, 6.07) is 9.21. The zero-order valence-electron chi connectivity index (χ0n) is 17.5. The lowest BCUT2D eigenvalue weighted by atomic mass is 9.92. The third-order valence-corrected chi connectivity index (χ3v) is 7.97. The molecule has 148 valence electrons. The molecule has 3 heterocycles. The van der Waals surface area contributed by atoms with E-state index in [1.54, 1.807) is 22.7 Å². The molecule has 29 heavy (non-hydrogen) atoms. The number of thiophene rings is 2. The molecule has 0 N–H and O–H groups in total. The van der Waals surface area contributed by atoms with Gasteiger partial charge in [-0.15, -0.1) is 22.7 Å². The topological polar surface area (TPSA) is 37.4 Å². The van der Waals surface area contributed by atoms with Gasteiger partial charge in [-0.3, -0.25) is 9.59 Å². The molecule has 0 radical (unpaired) electrons. The fraction of sp³-hybridized carbons (Fsp3) is 0.250. The minimum atomic E-state index is -0.233. The zero-order valence-corrected chi connectivity index (χ0v) is 19.1. The van der Waals surface area contributed by atoms with Gasteiger partial charge in [-0.1, -0.05) is 18.2 Å². The molecule has 2 amide bonds. The summed E-state index contributed by atoms with van der Waals surface area (Å²) in [5.74, 6) is -0.467. The standard InChI is InChI=1S/C24H23NO2S2/c1-12-14(3)28-16(5)19(12)21-22(20-13(2)15(4)29-17(20)6)24(27)25(23(21)26)18-10-8-7-9-11-18/h7-11H,1-6H3. The van der Waals surface area contributed by atoms with Crippen LogP contribution in [0.5, 0.6) is 0 Å². The number of rotatable bonds is 3. The summed E-state index contributed by atoms with van der Waals surface area (Å²) < 4.78 is 0. The Bertz CT molecular complexity index is 1120. The summed E-state index contributed by atoms with van der Waals surface area (Å²) in [6.45, 7) is 12.3. The van der Waals surface area contributed by atoms with E-state index in [0.717, 1.165) is 32.0 Å². The molecule has 0 bridgehead atoms. The second kappa shape index (κ2) is 7.08. The number of hydrogen-bond donors (Lipinski definition) is 0. The van der Waals surface area contributed by atoms with Gasteiger partial charge in [0.05, 0.1) is 16.8 Å². The zero-order chi connectivity index (χ0) is 21.0. The van der Waals surface area contributed by atoms with E-state index in [-0.39, 0.29) is 11.8 Å². The van der Waals surface area contributed by atoms with Crippen LogP contribution in [0.3, 0.4) is 0 Å². The molecule has 0 spiro atoms. The first-order valence-electron chi connectivity index (χ1n) is 9.56. The second-order valence-corrected chi connectivity index (χ2v) is 10.3. The number of carbonyl (C=O) groups excluding carboxylic acids is 2. The number of aryl methyl sites for hydroxylation is 4. The van der Waals surface area contributed by atoms with Crippen molar-refractivity contribution >= 4 is 51.3 Å². The average molecular weight is 422 g/mol. The summed E-state index contributed by atoms with van der Waals surface area (Å²) in [6.07, 6.45) is 0. The van der Waals surface area contributed by atoms with Crippen molar-refractivity contribution in [1.82, 2.24) is 0 Å². The lowest BCUT2D eigenvalue weighted by Crippen LogP contribution is -2.31. The van der Waals surface area contributed by atoms with Crippen molar-refractivity contribution in [3.63, 3.8) is 0 Å². The van der Waals surface area contributed by atoms with Crippen molar-refractivity contribution in [1.29, 1.82) is 0 Å². The predicted octanol–water partition coefficient (Wildman–Crippen LogP) is 6.14. The van der Waals surface area contributed by atoms with Crippen LogP contribution in [0, 0.1) is 41.5 Å². The number of imide groups is 1. The van der Waals surface area contributed by atoms with E-state index in [4.69, 9.17) is 0 Å². The molecule has 0 unspecified atom stereocenters. The Hall–Kier alpha value is -2.50. The molecule has 0 saturated carbocycles. The maximum Gasteiger partial charge on any atom is 0.266 e. The molecule has 0 atom stereocenters. The van der Waals surface area contributed by atoms with Gasteiger partial charge in [0.1, 0.15) is 0 Å². The molecule has 4 rings (SSSR count). The maximum absolute atomic E-state index is 13.7. The first-order valence-corrected chi connectivity index (χ1v) is 11.2. The van der Waals surface area contributed by atoms with Crippen LogP contribution in [0.2, 0.25) is 0 Å². The monoisotopic (exact) mass is 421 g/mol. The quantitative estimate of drug-likeness (QED) is 0.476. The third kappa shape index (κ3) is 2.92. The fourth-order valence-electron chi connectivity index (χ4n) is 4.13. The minimum absolute atomic E-state index is 0.233. The molecule has 1 aliphatic heterocycles. The van der Waals surface area contributed by atoms with E-state index in [2.05, 4.69) is 13.8 Å². The molecule has 1 aromatic carbocycles. The summed E-state index contributed by atoms with van der Waals surface area (Å²) in [5, 5.41) is 0. The molecular weight excluding hydrogens is 398 g/mol. The van der Waals surface area contributed by atoms with Gasteiger partial charge in [0, 0.05) is 30.6 Å². The Morgan fingerprint density at radius 2 is 1.03 bits per heavy atom. The van der Waals surface area contributed by atoms with E-state index in [9.17, 15) is 9.59 Å². The highest BCUT2D eigenvalue weighted by atomic mass is 32.1. The van der Waals surface area contributed by atoms with E-state index >= 15 is 0 Å². The lowest BCUT2D eigenvalue weighted by Gasteiger charge is -2.15. The van der Waals surface area contributed by atoms with Crippen molar-refractivity contribution in [3.05, 3.63) is 72.1 Å². The Morgan fingerprint density at radius 3 is 1.38 bits per heavy atom. The normalized spacial score (nSPS) is 14.5. The van der Waals surface area contributed by atoms with Crippen LogP contribution in [-0.2, 0) is 9.59 Å².